The summed E-state index contributed by atoms with van der Waals surface area (Å²) < 4.78 is 2.18. The van der Waals surface area contributed by atoms with E-state index >= 15 is 0 Å². The molecule has 0 saturated heterocycles. The molecular weight excluding hydrogens is 364 g/mol. The second-order valence-electron chi connectivity index (χ2n) is 7.42. The lowest BCUT2D eigenvalue weighted by atomic mass is 9.95. The molecule has 140 valence electrons. The third-order valence-corrected chi connectivity index (χ3v) is 5.45. The summed E-state index contributed by atoms with van der Waals surface area (Å²) >= 11 is 6.30. The number of carbonyl (C=O) groups is 1. The zero-order valence-corrected chi connectivity index (χ0v) is 15.8. The SMILES string of the molecule is C[C@](O)(CO)c1ccc(C(=O)Cc2cc3c(cn2)c(Cl)cn3C2CC2)cc1. The minimum absolute atomic E-state index is 0.0485. The first-order valence-electron chi connectivity index (χ1n) is 9.01. The Hall–Kier alpha value is -2.21. The van der Waals surface area contributed by atoms with Crippen molar-refractivity contribution in [2.24, 2.45) is 0 Å². The van der Waals surface area contributed by atoms with Gasteiger partial charge in [0.2, 0.25) is 0 Å². The van der Waals surface area contributed by atoms with Crippen molar-refractivity contribution in [3.05, 3.63) is 64.6 Å². The van der Waals surface area contributed by atoms with Gasteiger partial charge >= 0.3 is 0 Å². The number of pyridine rings is 1. The zero-order chi connectivity index (χ0) is 19.2. The second-order valence-corrected chi connectivity index (χ2v) is 7.82. The van der Waals surface area contributed by atoms with E-state index in [9.17, 15) is 15.0 Å². The zero-order valence-electron chi connectivity index (χ0n) is 15.0. The molecule has 6 heteroatoms. The van der Waals surface area contributed by atoms with Crippen LogP contribution in [0.4, 0.5) is 0 Å². The first-order chi connectivity index (χ1) is 12.9. The molecule has 1 fully saturated rings. The number of aliphatic hydroxyl groups is 2. The van der Waals surface area contributed by atoms with E-state index < -0.39 is 5.60 Å². The fourth-order valence-electron chi connectivity index (χ4n) is 3.27. The number of nitrogens with zero attached hydrogens (tertiary/aromatic N) is 2. The number of Topliss-reactive ketones (excluding diaryl/α,β-unsaturated/α-hetero) is 1. The highest BCUT2D eigenvalue weighted by atomic mass is 35.5. The molecule has 1 aliphatic rings. The lowest BCUT2D eigenvalue weighted by Gasteiger charge is -2.20. The molecule has 1 aromatic carbocycles. The van der Waals surface area contributed by atoms with Crippen LogP contribution in [0.1, 0.15) is 47.4 Å². The number of aromatic nitrogens is 2. The van der Waals surface area contributed by atoms with Crippen LogP contribution in [0.25, 0.3) is 10.9 Å². The van der Waals surface area contributed by atoms with Gasteiger partial charge in [0.1, 0.15) is 5.60 Å². The number of hydrogen-bond acceptors (Lipinski definition) is 4. The van der Waals surface area contributed by atoms with Crippen molar-refractivity contribution >= 4 is 28.3 Å². The van der Waals surface area contributed by atoms with Gasteiger partial charge in [-0.05, 0) is 31.4 Å². The molecule has 0 radical (unpaired) electrons. The highest BCUT2D eigenvalue weighted by molar-refractivity contribution is 6.35. The van der Waals surface area contributed by atoms with E-state index in [0.29, 0.717) is 27.9 Å². The van der Waals surface area contributed by atoms with Crippen molar-refractivity contribution in [1.29, 1.82) is 0 Å². The molecule has 4 rings (SSSR count). The van der Waals surface area contributed by atoms with Gasteiger partial charge in [0, 0.05) is 29.4 Å². The molecule has 0 bridgehead atoms. The van der Waals surface area contributed by atoms with Gasteiger partial charge in [-0.1, -0.05) is 35.9 Å². The maximum absolute atomic E-state index is 12.6. The Labute approximate surface area is 162 Å². The number of aliphatic hydroxyl groups excluding tert-OH is 1. The van der Waals surface area contributed by atoms with E-state index in [-0.39, 0.29) is 18.8 Å². The first-order valence-corrected chi connectivity index (χ1v) is 9.39. The number of benzene rings is 1. The summed E-state index contributed by atoms with van der Waals surface area (Å²) in [5.41, 5.74) is 1.52. The van der Waals surface area contributed by atoms with E-state index in [1.807, 2.05) is 12.3 Å². The molecule has 0 unspecified atom stereocenters. The summed E-state index contributed by atoms with van der Waals surface area (Å²) in [6.45, 7) is 1.15. The smallest absolute Gasteiger partial charge is 0.168 e. The van der Waals surface area contributed by atoms with Crippen molar-refractivity contribution in [2.45, 2.75) is 37.8 Å². The van der Waals surface area contributed by atoms with Gasteiger partial charge in [0.15, 0.2) is 5.78 Å². The summed E-state index contributed by atoms with van der Waals surface area (Å²) in [5, 5.41) is 20.9. The summed E-state index contributed by atoms with van der Waals surface area (Å²) in [6, 6.07) is 9.12. The van der Waals surface area contributed by atoms with Crippen LogP contribution in [-0.2, 0) is 12.0 Å². The standard InChI is InChI=1S/C21H21ClN2O3/c1-21(27,12-25)14-4-2-13(3-5-14)20(26)9-15-8-19-17(10-23-15)18(22)11-24(19)16-6-7-16/h2-5,8,10-11,16,25,27H,6-7,9,12H2,1H3/t21-/m0/s1. The highest BCUT2D eigenvalue weighted by Gasteiger charge is 2.26. The maximum atomic E-state index is 12.6. The van der Waals surface area contributed by atoms with Crippen LogP contribution in [0.2, 0.25) is 5.02 Å². The molecule has 0 amide bonds. The van der Waals surface area contributed by atoms with Gasteiger partial charge in [-0.25, -0.2) is 0 Å². The highest BCUT2D eigenvalue weighted by Crippen LogP contribution is 2.40. The van der Waals surface area contributed by atoms with E-state index in [2.05, 4.69) is 9.55 Å². The topological polar surface area (TPSA) is 75.3 Å². The lowest BCUT2D eigenvalue weighted by Crippen LogP contribution is -2.25. The molecule has 1 aliphatic carbocycles. The summed E-state index contributed by atoms with van der Waals surface area (Å²) in [5.74, 6) is -0.0485. The number of fused-ring (bicyclic) bond motifs is 1. The minimum atomic E-state index is -1.32. The van der Waals surface area contributed by atoms with Crippen LogP contribution in [0.15, 0.2) is 42.7 Å². The van der Waals surface area contributed by atoms with Gasteiger partial charge in [-0.15, -0.1) is 0 Å². The largest absolute Gasteiger partial charge is 0.393 e. The molecule has 0 spiro atoms. The molecule has 2 heterocycles. The van der Waals surface area contributed by atoms with Crippen LogP contribution in [0.5, 0.6) is 0 Å². The Morgan fingerprint density at radius 2 is 2.04 bits per heavy atom. The van der Waals surface area contributed by atoms with Gasteiger partial charge in [-0.2, -0.15) is 0 Å². The predicted molar refractivity (Wildman–Crippen MR) is 104 cm³/mol. The number of ketones is 1. The van der Waals surface area contributed by atoms with Crippen LogP contribution in [0.3, 0.4) is 0 Å². The van der Waals surface area contributed by atoms with Gasteiger partial charge in [0.05, 0.1) is 29.3 Å². The third-order valence-electron chi connectivity index (χ3n) is 5.15. The molecule has 1 atom stereocenters. The second kappa shape index (κ2) is 6.75. The van der Waals surface area contributed by atoms with E-state index in [0.717, 1.165) is 23.7 Å². The van der Waals surface area contributed by atoms with Crippen LogP contribution in [0, 0.1) is 0 Å². The Morgan fingerprint density at radius 1 is 1.33 bits per heavy atom. The average Bonchev–Trinajstić information content (AvgIpc) is 3.46. The Bertz CT molecular complexity index is 1000. The number of halogens is 1. The van der Waals surface area contributed by atoms with Crippen molar-refractivity contribution < 1.29 is 15.0 Å². The summed E-state index contributed by atoms with van der Waals surface area (Å²) in [6.07, 6.45) is 6.18. The Morgan fingerprint density at radius 3 is 2.67 bits per heavy atom. The lowest BCUT2D eigenvalue weighted by molar-refractivity contribution is -0.00229. The Kier molecular flexibility index (Phi) is 4.54. The molecule has 2 aromatic heterocycles. The number of carbonyl (C=O) groups excluding carboxylic acids is 1. The van der Waals surface area contributed by atoms with Gasteiger partial charge < -0.3 is 14.8 Å². The molecule has 2 N–H and O–H groups in total. The number of hydrogen-bond donors (Lipinski definition) is 2. The van der Waals surface area contributed by atoms with E-state index in [1.165, 1.54) is 6.92 Å². The molecule has 5 nitrogen and oxygen atoms in total. The molecule has 3 aromatic rings. The van der Waals surface area contributed by atoms with Crippen molar-refractivity contribution in [2.75, 3.05) is 6.61 Å². The van der Waals surface area contributed by atoms with Crippen molar-refractivity contribution in [3.63, 3.8) is 0 Å². The normalized spacial score (nSPS) is 16.4. The average molecular weight is 385 g/mol. The summed E-state index contributed by atoms with van der Waals surface area (Å²) in [7, 11) is 0. The van der Waals surface area contributed by atoms with Crippen LogP contribution in [-0.4, -0.2) is 32.2 Å². The monoisotopic (exact) mass is 384 g/mol. The van der Waals surface area contributed by atoms with Crippen LogP contribution >= 0.6 is 11.6 Å². The first kappa shape index (κ1) is 18.2. The molecule has 27 heavy (non-hydrogen) atoms. The predicted octanol–water partition coefficient (Wildman–Crippen LogP) is 3.65. The van der Waals surface area contributed by atoms with Gasteiger partial charge in [0.25, 0.3) is 0 Å². The minimum Gasteiger partial charge on any atom is -0.393 e. The van der Waals surface area contributed by atoms with Crippen molar-refractivity contribution in [3.8, 4) is 0 Å². The summed E-state index contributed by atoms with van der Waals surface area (Å²) in [4.78, 5) is 17.0. The molecular formula is C21H21ClN2O3. The van der Waals surface area contributed by atoms with Crippen molar-refractivity contribution in [1.82, 2.24) is 9.55 Å². The Balaban J connectivity index is 1.56. The molecule has 0 aliphatic heterocycles. The van der Waals surface area contributed by atoms with E-state index in [1.54, 1.807) is 30.5 Å². The quantitative estimate of drug-likeness (QED) is 0.636. The third kappa shape index (κ3) is 3.50. The van der Waals surface area contributed by atoms with Crippen LogP contribution < -0.4 is 0 Å². The fourth-order valence-corrected chi connectivity index (χ4v) is 3.52. The maximum Gasteiger partial charge on any atom is 0.168 e. The van der Waals surface area contributed by atoms with E-state index in [4.69, 9.17) is 11.6 Å². The fraction of sp³-hybridized carbons (Fsp3) is 0.333. The van der Waals surface area contributed by atoms with Gasteiger partial charge in [-0.3, -0.25) is 9.78 Å². The molecule has 1 saturated carbocycles. The number of rotatable bonds is 6.